The van der Waals surface area contributed by atoms with E-state index >= 15 is 0 Å². The van der Waals surface area contributed by atoms with Crippen molar-refractivity contribution in [1.82, 2.24) is 4.98 Å². The molecule has 0 atom stereocenters. The Labute approximate surface area is 193 Å². The second kappa shape index (κ2) is 9.25. The molecule has 0 radical (unpaired) electrons. The predicted molar refractivity (Wildman–Crippen MR) is 138 cm³/mol. The summed E-state index contributed by atoms with van der Waals surface area (Å²) in [5, 5.41) is 0. The molecule has 0 aliphatic rings. The largest absolute Gasteiger partial charge is 0.248 e. The van der Waals surface area contributed by atoms with Crippen LogP contribution in [0.3, 0.4) is 0 Å². The van der Waals surface area contributed by atoms with Crippen LogP contribution >= 0.6 is 11.8 Å². The van der Waals surface area contributed by atoms with Gasteiger partial charge in [0, 0.05) is 16.0 Å². The molecule has 1 nitrogen and oxygen atoms in total. The first-order chi connectivity index (χ1) is 15.8. The molecule has 2 heteroatoms. The molecule has 154 valence electrons. The van der Waals surface area contributed by atoms with E-state index in [0.29, 0.717) is 0 Å². The zero-order valence-electron chi connectivity index (χ0n) is 17.9. The minimum Gasteiger partial charge on any atom is -0.248 e. The normalized spacial score (nSPS) is 10.8. The molecule has 0 aliphatic carbocycles. The smallest absolute Gasteiger partial charge is 0.0715 e. The Morgan fingerprint density at radius 1 is 0.438 bits per heavy atom. The number of hydrogen-bond donors (Lipinski definition) is 0. The summed E-state index contributed by atoms with van der Waals surface area (Å²) in [6.45, 7) is 0. The van der Waals surface area contributed by atoms with Crippen LogP contribution in [0.25, 0.3) is 44.8 Å². The summed E-state index contributed by atoms with van der Waals surface area (Å²) in [4.78, 5) is 6.30. The molecule has 0 amide bonds. The van der Waals surface area contributed by atoms with Crippen LogP contribution in [0.15, 0.2) is 126 Å². The molecule has 0 saturated carbocycles. The van der Waals surface area contributed by atoms with E-state index in [1.807, 2.05) is 12.1 Å². The molecule has 0 bridgehead atoms. The number of rotatable bonds is 5. The Morgan fingerprint density at radius 3 is 1.56 bits per heavy atom. The van der Waals surface area contributed by atoms with E-state index < -0.39 is 0 Å². The highest BCUT2D eigenvalue weighted by Gasteiger charge is 2.10. The highest BCUT2D eigenvalue weighted by atomic mass is 32.2. The lowest BCUT2D eigenvalue weighted by molar-refractivity contribution is 1.32. The number of aromatic nitrogens is 1. The van der Waals surface area contributed by atoms with Crippen LogP contribution in [-0.4, -0.2) is 11.2 Å². The predicted octanol–water partition coefficient (Wildman–Crippen LogP) is 8.47. The van der Waals surface area contributed by atoms with E-state index in [2.05, 4.69) is 115 Å². The zero-order valence-corrected chi connectivity index (χ0v) is 18.7. The summed E-state index contributed by atoms with van der Waals surface area (Å²) in [6.07, 6.45) is 2.11. The quantitative estimate of drug-likeness (QED) is 0.260. The summed E-state index contributed by atoms with van der Waals surface area (Å²) in [5.41, 5.74) is 9.02. The van der Waals surface area contributed by atoms with Gasteiger partial charge in [0.15, 0.2) is 0 Å². The van der Waals surface area contributed by atoms with Crippen molar-refractivity contribution < 1.29 is 0 Å². The van der Waals surface area contributed by atoms with E-state index in [1.165, 1.54) is 27.1 Å². The Hall–Kier alpha value is -3.62. The lowest BCUT2D eigenvalue weighted by Gasteiger charge is -2.11. The molecule has 1 heterocycles. The molecule has 0 fully saturated rings. The second-order valence-corrected chi connectivity index (χ2v) is 8.55. The van der Waals surface area contributed by atoms with Crippen LogP contribution < -0.4 is 0 Å². The molecule has 5 rings (SSSR count). The highest BCUT2D eigenvalue weighted by molar-refractivity contribution is 7.98. The molecule has 0 saturated heterocycles. The molecule has 4 aromatic carbocycles. The van der Waals surface area contributed by atoms with Gasteiger partial charge in [-0.2, -0.15) is 0 Å². The molecule has 5 aromatic rings. The van der Waals surface area contributed by atoms with E-state index in [0.717, 1.165) is 22.5 Å². The molecular weight excluding hydrogens is 406 g/mol. The third-order valence-electron chi connectivity index (χ3n) is 5.59. The van der Waals surface area contributed by atoms with Gasteiger partial charge < -0.3 is 0 Å². The van der Waals surface area contributed by atoms with Gasteiger partial charge in [-0.05, 0) is 52.8 Å². The third-order valence-corrected chi connectivity index (χ3v) is 6.31. The van der Waals surface area contributed by atoms with Crippen molar-refractivity contribution in [3.63, 3.8) is 0 Å². The van der Waals surface area contributed by atoms with Crippen molar-refractivity contribution in [2.24, 2.45) is 0 Å². The first kappa shape index (κ1) is 20.3. The van der Waals surface area contributed by atoms with Gasteiger partial charge in [0.1, 0.15) is 0 Å². The van der Waals surface area contributed by atoms with Crippen LogP contribution in [0.5, 0.6) is 0 Å². The number of pyridine rings is 1. The molecular formula is C30H23NS. The molecule has 0 spiro atoms. The maximum atomic E-state index is 5.04. The summed E-state index contributed by atoms with van der Waals surface area (Å²) >= 11 is 1.76. The lowest BCUT2D eigenvalue weighted by atomic mass is 9.98. The summed E-state index contributed by atoms with van der Waals surface area (Å²) in [7, 11) is 0. The average molecular weight is 430 g/mol. The third kappa shape index (κ3) is 4.37. The van der Waals surface area contributed by atoms with E-state index in [1.54, 1.807) is 11.8 Å². The number of thioether (sulfide) groups is 1. The van der Waals surface area contributed by atoms with Crippen molar-refractivity contribution in [3.8, 4) is 44.8 Å². The SMILES string of the molecule is CSc1cccc(-c2cc(-c3ccccc3)nc(-c3ccc(-c4ccccc4)cc3)c2)c1. The number of benzene rings is 4. The van der Waals surface area contributed by atoms with Crippen molar-refractivity contribution in [2.45, 2.75) is 4.90 Å². The Morgan fingerprint density at radius 2 is 0.938 bits per heavy atom. The van der Waals surface area contributed by atoms with Crippen LogP contribution in [-0.2, 0) is 0 Å². The first-order valence-electron chi connectivity index (χ1n) is 10.7. The Kier molecular flexibility index (Phi) is 5.87. The van der Waals surface area contributed by atoms with E-state index in [-0.39, 0.29) is 0 Å². The van der Waals surface area contributed by atoms with Gasteiger partial charge in [-0.25, -0.2) is 4.98 Å². The maximum absolute atomic E-state index is 5.04. The second-order valence-electron chi connectivity index (χ2n) is 7.67. The number of hydrogen-bond acceptors (Lipinski definition) is 2. The Balaban J connectivity index is 1.61. The van der Waals surface area contributed by atoms with Crippen LogP contribution in [0, 0.1) is 0 Å². The molecule has 32 heavy (non-hydrogen) atoms. The van der Waals surface area contributed by atoms with Gasteiger partial charge in [-0.15, -0.1) is 11.8 Å². The molecule has 1 aromatic heterocycles. The minimum absolute atomic E-state index is 0.982. The van der Waals surface area contributed by atoms with Gasteiger partial charge in [0.2, 0.25) is 0 Å². The van der Waals surface area contributed by atoms with Crippen LogP contribution in [0.2, 0.25) is 0 Å². The van der Waals surface area contributed by atoms with Crippen molar-refractivity contribution in [1.29, 1.82) is 0 Å². The van der Waals surface area contributed by atoms with E-state index in [9.17, 15) is 0 Å². The minimum atomic E-state index is 0.982. The monoisotopic (exact) mass is 429 g/mol. The standard InChI is InChI=1S/C30H23NS/c1-32-28-14-8-13-26(19-28)27-20-29(24-11-6-3-7-12-24)31-30(21-27)25-17-15-23(16-18-25)22-9-4-2-5-10-22/h2-21H,1H3. The van der Waals surface area contributed by atoms with Crippen molar-refractivity contribution in [3.05, 3.63) is 121 Å². The van der Waals surface area contributed by atoms with E-state index in [4.69, 9.17) is 4.98 Å². The maximum Gasteiger partial charge on any atom is 0.0715 e. The highest BCUT2D eigenvalue weighted by Crippen LogP contribution is 2.32. The van der Waals surface area contributed by atoms with Crippen molar-refractivity contribution in [2.75, 3.05) is 6.26 Å². The molecule has 0 N–H and O–H groups in total. The fraction of sp³-hybridized carbons (Fsp3) is 0.0333. The summed E-state index contributed by atoms with van der Waals surface area (Å²) < 4.78 is 0. The van der Waals surface area contributed by atoms with Gasteiger partial charge in [0.25, 0.3) is 0 Å². The van der Waals surface area contributed by atoms with Crippen LogP contribution in [0.1, 0.15) is 0 Å². The molecule has 0 unspecified atom stereocenters. The lowest BCUT2D eigenvalue weighted by Crippen LogP contribution is -1.91. The molecule has 0 aliphatic heterocycles. The summed E-state index contributed by atoms with van der Waals surface area (Å²) in [6, 6.07) is 42.6. The zero-order chi connectivity index (χ0) is 21.8. The van der Waals surface area contributed by atoms with Gasteiger partial charge >= 0.3 is 0 Å². The fourth-order valence-electron chi connectivity index (χ4n) is 3.87. The van der Waals surface area contributed by atoms with Gasteiger partial charge in [0.05, 0.1) is 11.4 Å². The Bertz CT molecular complexity index is 1330. The first-order valence-corrected chi connectivity index (χ1v) is 11.9. The topological polar surface area (TPSA) is 12.9 Å². The van der Waals surface area contributed by atoms with Gasteiger partial charge in [-0.1, -0.05) is 97.1 Å². The van der Waals surface area contributed by atoms with Crippen LogP contribution in [0.4, 0.5) is 0 Å². The fourth-order valence-corrected chi connectivity index (χ4v) is 4.33. The average Bonchev–Trinajstić information content (AvgIpc) is 2.89. The van der Waals surface area contributed by atoms with Gasteiger partial charge in [-0.3, -0.25) is 0 Å². The van der Waals surface area contributed by atoms with Crippen molar-refractivity contribution >= 4 is 11.8 Å². The summed E-state index contributed by atoms with van der Waals surface area (Å²) in [5.74, 6) is 0. The number of nitrogens with zero attached hydrogens (tertiary/aromatic N) is 1.